The standard InChI is InChI=1S/C30H52O3/c1-19(2)10-9-14-30(8,33)20-11-16-29(7)25(20)21(31)18-23-27(5)15-13-24(32)26(3,4)22(27)12-17-28(23,29)6/h10,20-25,31-33H,9,11-18H2,1-8H3/t20-,21-,22+,23-,24+,25+,27-,28+,29-,30+/m1/s1. The van der Waals surface area contributed by atoms with Crippen LogP contribution >= 0.6 is 0 Å². The Bertz CT molecular complexity index is 779. The van der Waals surface area contributed by atoms with E-state index in [0.717, 1.165) is 44.9 Å². The maximum absolute atomic E-state index is 11.8. The summed E-state index contributed by atoms with van der Waals surface area (Å²) < 4.78 is 0. The molecule has 0 heterocycles. The maximum Gasteiger partial charge on any atom is 0.0654 e. The topological polar surface area (TPSA) is 60.7 Å². The van der Waals surface area contributed by atoms with E-state index in [2.05, 4.69) is 54.5 Å². The second-order valence-electron chi connectivity index (χ2n) is 14.5. The highest BCUT2D eigenvalue weighted by Gasteiger charge is 2.71. The molecule has 10 atom stereocenters. The van der Waals surface area contributed by atoms with Crippen molar-refractivity contribution in [1.82, 2.24) is 0 Å². The van der Waals surface area contributed by atoms with Crippen LogP contribution in [0.5, 0.6) is 0 Å². The van der Waals surface area contributed by atoms with E-state index < -0.39 is 5.60 Å². The van der Waals surface area contributed by atoms with E-state index in [0.29, 0.717) is 11.8 Å². The predicted molar refractivity (Wildman–Crippen MR) is 136 cm³/mol. The van der Waals surface area contributed by atoms with Gasteiger partial charge in [-0.15, -0.1) is 0 Å². The molecule has 0 amide bonds. The summed E-state index contributed by atoms with van der Waals surface area (Å²) in [5.41, 5.74) is 0.885. The first-order chi connectivity index (χ1) is 15.1. The lowest BCUT2D eigenvalue weighted by Crippen LogP contribution is -2.66. The zero-order valence-electron chi connectivity index (χ0n) is 22.7. The SMILES string of the molecule is CC(C)=CCC[C@](C)(O)[C@@H]1CC[C@]2(C)[C@@H]1[C@H](O)C[C@@H]1[C@]3(C)CC[C@H](O)C(C)(C)[C@@H]3CC[C@@]12C. The van der Waals surface area contributed by atoms with Crippen LogP contribution in [0.15, 0.2) is 11.6 Å². The Morgan fingerprint density at radius 1 is 0.909 bits per heavy atom. The van der Waals surface area contributed by atoms with E-state index in [1.165, 1.54) is 18.4 Å². The highest BCUT2D eigenvalue weighted by atomic mass is 16.3. The molecule has 0 aromatic rings. The van der Waals surface area contributed by atoms with Gasteiger partial charge in [-0.25, -0.2) is 0 Å². The zero-order valence-corrected chi connectivity index (χ0v) is 22.7. The average molecular weight is 461 g/mol. The van der Waals surface area contributed by atoms with E-state index in [4.69, 9.17) is 0 Å². The van der Waals surface area contributed by atoms with Gasteiger partial charge in [-0.1, -0.05) is 46.3 Å². The Morgan fingerprint density at radius 3 is 2.18 bits per heavy atom. The summed E-state index contributed by atoms with van der Waals surface area (Å²) in [6.07, 6.45) is 10.6. The van der Waals surface area contributed by atoms with E-state index in [-0.39, 0.29) is 45.7 Å². The van der Waals surface area contributed by atoms with Crippen molar-refractivity contribution in [1.29, 1.82) is 0 Å². The molecule has 0 radical (unpaired) electrons. The van der Waals surface area contributed by atoms with Crippen LogP contribution in [-0.4, -0.2) is 33.1 Å². The number of allylic oxidation sites excluding steroid dienone is 2. The average Bonchev–Trinajstić information content (AvgIpc) is 3.08. The molecule has 0 aromatic carbocycles. The fraction of sp³-hybridized carbons (Fsp3) is 0.933. The third-order valence-electron chi connectivity index (χ3n) is 12.4. The first-order valence-corrected chi connectivity index (χ1v) is 13.8. The summed E-state index contributed by atoms with van der Waals surface area (Å²) in [7, 11) is 0. The van der Waals surface area contributed by atoms with E-state index >= 15 is 0 Å². The summed E-state index contributed by atoms with van der Waals surface area (Å²) in [6.45, 7) is 18.3. The predicted octanol–water partition coefficient (Wildman–Crippen LogP) is 6.50. The van der Waals surface area contributed by atoms with Crippen molar-refractivity contribution in [2.45, 2.75) is 131 Å². The van der Waals surface area contributed by atoms with Gasteiger partial charge in [0.15, 0.2) is 0 Å². The van der Waals surface area contributed by atoms with E-state index in [9.17, 15) is 15.3 Å². The monoisotopic (exact) mass is 460 g/mol. The minimum Gasteiger partial charge on any atom is -0.393 e. The molecule has 4 saturated carbocycles. The van der Waals surface area contributed by atoms with Crippen molar-refractivity contribution in [3.8, 4) is 0 Å². The largest absolute Gasteiger partial charge is 0.393 e. The molecule has 0 aromatic heterocycles. The number of hydrogen-bond acceptors (Lipinski definition) is 3. The van der Waals surface area contributed by atoms with Gasteiger partial charge >= 0.3 is 0 Å². The molecule has 3 nitrogen and oxygen atoms in total. The molecule has 33 heavy (non-hydrogen) atoms. The van der Waals surface area contributed by atoms with Crippen molar-refractivity contribution in [2.24, 2.45) is 45.3 Å². The van der Waals surface area contributed by atoms with Crippen LogP contribution in [0.4, 0.5) is 0 Å². The smallest absolute Gasteiger partial charge is 0.0654 e. The van der Waals surface area contributed by atoms with Crippen LogP contribution < -0.4 is 0 Å². The third kappa shape index (κ3) is 3.61. The first-order valence-electron chi connectivity index (χ1n) is 13.8. The fourth-order valence-corrected chi connectivity index (χ4v) is 10.3. The van der Waals surface area contributed by atoms with Crippen LogP contribution in [0.1, 0.15) is 113 Å². The molecular weight excluding hydrogens is 408 g/mol. The summed E-state index contributed by atoms with van der Waals surface area (Å²) in [5.74, 6) is 1.31. The molecule has 190 valence electrons. The van der Waals surface area contributed by atoms with Gasteiger partial charge in [-0.3, -0.25) is 0 Å². The van der Waals surface area contributed by atoms with Crippen molar-refractivity contribution in [2.75, 3.05) is 0 Å². The summed E-state index contributed by atoms with van der Waals surface area (Å²) in [5, 5.41) is 34.3. The van der Waals surface area contributed by atoms with Gasteiger partial charge in [0, 0.05) is 0 Å². The van der Waals surface area contributed by atoms with Crippen LogP contribution in [0.2, 0.25) is 0 Å². The van der Waals surface area contributed by atoms with Crippen molar-refractivity contribution in [3.05, 3.63) is 11.6 Å². The molecule has 0 bridgehead atoms. The normalized spacial score (nSPS) is 50.5. The fourth-order valence-electron chi connectivity index (χ4n) is 10.3. The molecular formula is C30H52O3. The number of fused-ring (bicyclic) bond motifs is 5. The molecule has 0 unspecified atom stereocenters. The van der Waals surface area contributed by atoms with Crippen LogP contribution in [0.25, 0.3) is 0 Å². The molecule has 4 fully saturated rings. The highest BCUT2D eigenvalue weighted by Crippen LogP contribution is 2.75. The lowest BCUT2D eigenvalue weighted by molar-refractivity contribution is -0.246. The van der Waals surface area contributed by atoms with Gasteiger partial charge in [0.05, 0.1) is 17.8 Å². The summed E-state index contributed by atoms with van der Waals surface area (Å²) in [4.78, 5) is 0. The quantitative estimate of drug-likeness (QED) is 0.420. The molecule has 0 aliphatic heterocycles. The Balaban J connectivity index is 1.66. The Hall–Kier alpha value is -0.380. The molecule has 4 rings (SSSR count). The van der Waals surface area contributed by atoms with Crippen molar-refractivity contribution in [3.63, 3.8) is 0 Å². The van der Waals surface area contributed by atoms with Gasteiger partial charge in [0.1, 0.15) is 0 Å². The molecule has 4 aliphatic rings. The number of aliphatic hydroxyl groups is 3. The lowest BCUT2D eigenvalue weighted by Gasteiger charge is -2.70. The van der Waals surface area contributed by atoms with E-state index in [1.54, 1.807) is 0 Å². The highest BCUT2D eigenvalue weighted by molar-refractivity contribution is 5.20. The minimum absolute atomic E-state index is 0.0503. The Labute approximate surface area is 203 Å². The number of hydrogen-bond donors (Lipinski definition) is 3. The van der Waals surface area contributed by atoms with Gasteiger partial charge in [0.25, 0.3) is 0 Å². The minimum atomic E-state index is -0.739. The summed E-state index contributed by atoms with van der Waals surface area (Å²) in [6, 6.07) is 0. The van der Waals surface area contributed by atoms with Crippen LogP contribution in [-0.2, 0) is 0 Å². The number of rotatable bonds is 4. The maximum atomic E-state index is 11.8. The third-order valence-corrected chi connectivity index (χ3v) is 12.4. The van der Waals surface area contributed by atoms with Gasteiger partial charge in [0.2, 0.25) is 0 Å². The van der Waals surface area contributed by atoms with Crippen LogP contribution in [0.3, 0.4) is 0 Å². The van der Waals surface area contributed by atoms with E-state index in [1.807, 2.05) is 6.92 Å². The summed E-state index contributed by atoms with van der Waals surface area (Å²) >= 11 is 0. The van der Waals surface area contributed by atoms with Gasteiger partial charge in [-0.05, 0) is 124 Å². The Morgan fingerprint density at radius 2 is 1.55 bits per heavy atom. The first kappa shape index (κ1) is 25.7. The van der Waals surface area contributed by atoms with Gasteiger partial charge in [-0.2, -0.15) is 0 Å². The molecule has 0 spiro atoms. The lowest BCUT2D eigenvalue weighted by atomic mass is 9.35. The van der Waals surface area contributed by atoms with Gasteiger partial charge < -0.3 is 15.3 Å². The Kier molecular flexibility index (Phi) is 6.28. The molecule has 0 saturated heterocycles. The molecule has 3 N–H and O–H groups in total. The van der Waals surface area contributed by atoms with Crippen LogP contribution in [0, 0.1) is 45.3 Å². The second-order valence-corrected chi connectivity index (χ2v) is 14.5. The second kappa shape index (κ2) is 8.07. The zero-order chi connectivity index (χ0) is 24.6. The van der Waals surface area contributed by atoms with Crippen molar-refractivity contribution >= 4 is 0 Å². The number of aliphatic hydroxyl groups excluding tert-OH is 2. The molecule has 4 aliphatic carbocycles. The molecule has 3 heteroatoms. The van der Waals surface area contributed by atoms with Crippen molar-refractivity contribution < 1.29 is 15.3 Å².